The van der Waals surface area contributed by atoms with E-state index in [2.05, 4.69) is 0 Å². The third kappa shape index (κ3) is 4.86. The van der Waals surface area contributed by atoms with Gasteiger partial charge in [0.2, 0.25) is 0 Å². The van der Waals surface area contributed by atoms with Gasteiger partial charge in [-0.25, -0.2) is 9.59 Å². The number of aromatic hydroxyl groups is 2. The lowest BCUT2D eigenvalue weighted by Gasteiger charge is -2.20. The molecular formula is C42H26O8. The SMILES string of the molecule is O=C(O)c1cc(-c2c(O)ccc3ccccc23)c(OOc2c(-c3c(O)ccc4ccccc34)cc(C(=O)O)c3ccccc23)c2ccccc12. The first kappa shape index (κ1) is 30.3. The molecule has 8 rings (SSSR count). The zero-order chi connectivity index (χ0) is 34.5. The topological polar surface area (TPSA) is 134 Å². The summed E-state index contributed by atoms with van der Waals surface area (Å²) in [7, 11) is 0. The summed E-state index contributed by atoms with van der Waals surface area (Å²) in [5, 5.41) is 47.6. The van der Waals surface area contributed by atoms with Gasteiger partial charge in [-0.05, 0) is 45.8 Å². The van der Waals surface area contributed by atoms with Gasteiger partial charge < -0.3 is 20.4 Å². The Bertz CT molecular complexity index is 2510. The van der Waals surface area contributed by atoms with E-state index in [1.54, 1.807) is 60.7 Å². The van der Waals surface area contributed by atoms with Crippen molar-refractivity contribution in [1.82, 2.24) is 0 Å². The van der Waals surface area contributed by atoms with Crippen LogP contribution in [0.2, 0.25) is 0 Å². The van der Waals surface area contributed by atoms with Gasteiger partial charge in [0, 0.05) is 43.8 Å². The summed E-state index contributed by atoms with van der Waals surface area (Å²) in [6.07, 6.45) is 0. The summed E-state index contributed by atoms with van der Waals surface area (Å²) in [5.74, 6) is -2.29. The Morgan fingerprint density at radius 3 is 1.14 bits per heavy atom. The predicted octanol–water partition coefficient (Wildman–Crippen LogP) is 9.81. The van der Waals surface area contributed by atoms with Crippen molar-refractivity contribution in [2.45, 2.75) is 0 Å². The average Bonchev–Trinajstić information content (AvgIpc) is 3.13. The maximum absolute atomic E-state index is 12.6. The second-order valence-corrected chi connectivity index (χ2v) is 11.8. The van der Waals surface area contributed by atoms with Gasteiger partial charge >= 0.3 is 11.9 Å². The van der Waals surface area contributed by atoms with Gasteiger partial charge in [0.05, 0.1) is 11.1 Å². The molecule has 0 saturated heterocycles. The second-order valence-electron chi connectivity index (χ2n) is 11.8. The normalized spacial score (nSPS) is 11.3. The van der Waals surface area contributed by atoms with Crippen LogP contribution in [0, 0.1) is 0 Å². The monoisotopic (exact) mass is 658 g/mol. The number of carbonyl (C=O) groups is 2. The highest BCUT2D eigenvalue weighted by molar-refractivity contribution is 6.13. The molecule has 0 aliphatic heterocycles. The van der Waals surface area contributed by atoms with Crippen molar-refractivity contribution in [3.63, 3.8) is 0 Å². The van der Waals surface area contributed by atoms with E-state index in [0.29, 0.717) is 43.4 Å². The molecule has 0 heterocycles. The largest absolute Gasteiger partial charge is 0.507 e. The number of hydrogen-bond acceptors (Lipinski definition) is 6. The van der Waals surface area contributed by atoms with Gasteiger partial charge in [0.1, 0.15) is 11.5 Å². The fraction of sp³-hybridized carbons (Fsp3) is 0. The maximum atomic E-state index is 12.6. The van der Waals surface area contributed by atoms with Crippen LogP contribution in [-0.4, -0.2) is 32.4 Å². The summed E-state index contributed by atoms with van der Waals surface area (Å²) >= 11 is 0. The minimum atomic E-state index is -1.17. The molecule has 50 heavy (non-hydrogen) atoms. The number of fused-ring (bicyclic) bond motifs is 4. The van der Waals surface area contributed by atoms with E-state index < -0.39 is 11.9 Å². The highest BCUT2D eigenvalue weighted by Crippen LogP contribution is 2.48. The van der Waals surface area contributed by atoms with E-state index in [-0.39, 0.29) is 45.3 Å². The smallest absolute Gasteiger partial charge is 0.336 e. The molecule has 0 aliphatic rings. The van der Waals surface area contributed by atoms with E-state index in [9.17, 15) is 30.0 Å². The van der Waals surface area contributed by atoms with E-state index in [1.165, 1.54) is 24.3 Å². The Morgan fingerprint density at radius 2 is 0.760 bits per heavy atom. The molecule has 0 amide bonds. The molecule has 0 aromatic heterocycles. The van der Waals surface area contributed by atoms with Crippen LogP contribution in [0.25, 0.3) is 65.3 Å². The first-order valence-electron chi connectivity index (χ1n) is 15.7. The van der Waals surface area contributed by atoms with Crippen LogP contribution in [0.15, 0.2) is 133 Å². The van der Waals surface area contributed by atoms with Crippen molar-refractivity contribution >= 4 is 55.0 Å². The predicted molar refractivity (Wildman–Crippen MR) is 192 cm³/mol. The van der Waals surface area contributed by atoms with Crippen LogP contribution in [0.5, 0.6) is 23.0 Å². The Morgan fingerprint density at radius 1 is 0.420 bits per heavy atom. The zero-order valence-electron chi connectivity index (χ0n) is 26.1. The minimum absolute atomic E-state index is 0.00656. The summed E-state index contributed by atoms with van der Waals surface area (Å²) in [6.45, 7) is 0. The lowest BCUT2D eigenvalue weighted by Crippen LogP contribution is -2.08. The summed E-state index contributed by atoms with van der Waals surface area (Å²) < 4.78 is 0. The Hall–Kier alpha value is -7.06. The molecule has 0 saturated carbocycles. The van der Waals surface area contributed by atoms with Crippen LogP contribution >= 0.6 is 0 Å². The molecule has 0 bridgehead atoms. The first-order valence-corrected chi connectivity index (χ1v) is 15.7. The number of rotatable bonds is 7. The number of carboxylic acids is 2. The van der Waals surface area contributed by atoms with Gasteiger partial charge in [-0.2, -0.15) is 0 Å². The van der Waals surface area contributed by atoms with Crippen LogP contribution < -0.4 is 9.78 Å². The molecule has 242 valence electrons. The van der Waals surface area contributed by atoms with Crippen molar-refractivity contribution in [1.29, 1.82) is 0 Å². The fourth-order valence-electron chi connectivity index (χ4n) is 6.77. The molecule has 0 radical (unpaired) electrons. The molecule has 0 unspecified atom stereocenters. The van der Waals surface area contributed by atoms with E-state index in [1.807, 2.05) is 48.5 Å². The fourth-order valence-corrected chi connectivity index (χ4v) is 6.77. The standard InChI is InChI=1S/C42H26O8/c43-35-19-17-23-9-1-3-11-25(23)37(35)33-21-31(41(45)46)27-13-5-7-15-29(27)39(33)49-50-40-30-16-8-6-14-28(30)32(42(47)48)22-34(40)38-26-12-4-2-10-24(26)18-20-36(38)44/h1-22,43-44H,(H,45,46)(H,47,48). The summed E-state index contributed by atoms with van der Waals surface area (Å²) in [6, 6.07) is 37.9. The maximum Gasteiger partial charge on any atom is 0.336 e. The number of phenols is 2. The molecule has 0 fully saturated rings. The van der Waals surface area contributed by atoms with E-state index >= 15 is 0 Å². The number of benzene rings is 8. The highest BCUT2D eigenvalue weighted by Gasteiger charge is 2.26. The molecule has 8 aromatic carbocycles. The molecule has 8 heteroatoms. The molecule has 0 aliphatic carbocycles. The molecular weight excluding hydrogens is 632 g/mol. The number of carboxylic acid groups (broad SMARTS) is 2. The molecule has 0 atom stereocenters. The average molecular weight is 659 g/mol. The Kier molecular flexibility index (Phi) is 7.19. The van der Waals surface area contributed by atoms with Crippen molar-refractivity contribution < 1.29 is 39.8 Å². The lowest BCUT2D eigenvalue weighted by molar-refractivity contribution is -0.0957. The molecule has 4 N–H and O–H groups in total. The second kappa shape index (κ2) is 11.9. The van der Waals surface area contributed by atoms with Crippen LogP contribution in [0.1, 0.15) is 20.7 Å². The van der Waals surface area contributed by atoms with Gasteiger partial charge in [-0.3, -0.25) is 9.78 Å². The summed E-state index contributed by atoms with van der Waals surface area (Å²) in [5.41, 5.74) is 1.19. The van der Waals surface area contributed by atoms with Crippen LogP contribution in [-0.2, 0) is 0 Å². The first-order chi connectivity index (χ1) is 24.3. The highest BCUT2D eigenvalue weighted by atomic mass is 17.2. The molecule has 0 spiro atoms. The van der Waals surface area contributed by atoms with Gasteiger partial charge in [0.15, 0.2) is 11.5 Å². The number of phenolic OH excluding ortho intramolecular Hbond substituents is 2. The zero-order valence-corrected chi connectivity index (χ0v) is 26.1. The van der Waals surface area contributed by atoms with Crippen molar-refractivity contribution in [3.05, 3.63) is 145 Å². The van der Waals surface area contributed by atoms with E-state index in [4.69, 9.17) is 9.78 Å². The van der Waals surface area contributed by atoms with Crippen LogP contribution in [0.3, 0.4) is 0 Å². The Balaban J connectivity index is 1.42. The van der Waals surface area contributed by atoms with Crippen LogP contribution in [0.4, 0.5) is 0 Å². The quantitative estimate of drug-likeness (QED) is 0.0982. The van der Waals surface area contributed by atoms with Gasteiger partial charge in [0.25, 0.3) is 0 Å². The number of aromatic carboxylic acids is 2. The minimum Gasteiger partial charge on any atom is -0.507 e. The van der Waals surface area contributed by atoms with Crippen molar-refractivity contribution in [3.8, 4) is 45.3 Å². The molecule has 8 aromatic rings. The third-order valence-electron chi connectivity index (χ3n) is 9.01. The van der Waals surface area contributed by atoms with E-state index in [0.717, 1.165) is 10.8 Å². The summed E-state index contributed by atoms with van der Waals surface area (Å²) in [4.78, 5) is 37.8. The lowest BCUT2D eigenvalue weighted by atomic mass is 9.91. The number of hydrogen-bond donors (Lipinski definition) is 4. The third-order valence-corrected chi connectivity index (χ3v) is 9.01. The Labute approximate surface area is 284 Å². The molecule has 8 nitrogen and oxygen atoms in total. The van der Waals surface area contributed by atoms with Crippen molar-refractivity contribution in [2.24, 2.45) is 0 Å². The van der Waals surface area contributed by atoms with Gasteiger partial charge in [-0.15, -0.1) is 0 Å². The van der Waals surface area contributed by atoms with Gasteiger partial charge in [-0.1, -0.05) is 109 Å². The van der Waals surface area contributed by atoms with Crippen molar-refractivity contribution in [2.75, 3.05) is 0 Å².